The topological polar surface area (TPSA) is 114 Å². The van der Waals surface area contributed by atoms with Gasteiger partial charge < -0.3 is 20.1 Å². The van der Waals surface area contributed by atoms with Gasteiger partial charge in [0.05, 0.1) is 7.11 Å². The van der Waals surface area contributed by atoms with Gasteiger partial charge in [-0.2, -0.15) is 5.26 Å². The van der Waals surface area contributed by atoms with Crippen molar-refractivity contribution >= 4 is 5.97 Å². The maximum Gasteiger partial charge on any atom is 0.378 e. The Kier molecular flexibility index (Phi) is 3.43. The average molecular weight is 176 g/mol. The lowest BCUT2D eigenvalue weighted by Gasteiger charge is -2.22. The summed E-state index contributed by atoms with van der Waals surface area (Å²) in [5, 5.41) is 33.5. The van der Waals surface area contributed by atoms with Gasteiger partial charge in [0.1, 0.15) is 6.54 Å². The normalized spacial score (nSPS) is 10.2. The molecule has 0 aromatic rings. The van der Waals surface area contributed by atoms with Crippen LogP contribution in [0.25, 0.3) is 0 Å². The summed E-state index contributed by atoms with van der Waals surface area (Å²) in [6, 6.07) is 0. The van der Waals surface area contributed by atoms with Gasteiger partial charge >= 0.3 is 12.1 Å². The molecule has 0 aromatic carbocycles. The van der Waals surface area contributed by atoms with Crippen molar-refractivity contribution in [2.45, 2.75) is 6.10 Å². The van der Waals surface area contributed by atoms with Crippen LogP contribution in [0.1, 0.15) is 0 Å². The van der Waals surface area contributed by atoms with Crippen molar-refractivity contribution in [3.63, 3.8) is 0 Å². The fraction of sp³-hybridized carbons (Fsp3) is 0.600. The summed E-state index contributed by atoms with van der Waals surface area (Å²) in [4.78, 5) is 10.5. The van der Waals surface area contributed by atoms with Crippen molar-refractivity contribution in [3.8, 4) is 6.19 Å². The lowest BCUT2D eigenvalue weighted by atomic mass is 10.5. The van der Waals surface area contributed by atoms with Gasteiger partial charge in [0.25, 0.3) is 0 Å². The SMILES string of the molecule is COC(=O)CN(C#N)C(O)(O)O. The minimum absolute atomic E-state index is 0.0405. The molecule has 7 nitrogen and oxygen atoms in total. The maximum atomic E-state index is 10.5. The third-order valence-electron chi connectivity index (χ3n) is 0.998. The second-order valence-corrected chi connectivity index (χ2v) is 1.86. The highest BCUT2D eigenvalue weighted by Gasteiger charge is 2.30. The van der Waals surface area contributed by atoms with Crippen LogP contribution in [0, 0.1) is 11.5 Å². The first kappa shape index (κ1) is 10.6. The fourth-order valence-corrected chi connectivity index (χ4v) is 0.402. The van der Waals surface area contributed by atoms with Crippen molar-refractivity contribution in [2.75, 3.05) is 13.7 Å². The molecule has 0 bridgehead atoms. The molecule has 0 fully saturated rings. The van der Waals surface area contributed by atoms with Crippen molar-refractivity contribution < 1.29 is 24.9 Å². The van der Waals surface area contributed by atoms with Gasteiger partial charge in [-0.15, -0.1) is 0 Å². The molecule has 0 rings (SSSR count). The summed E-state index contributed by atoms with van der Waals surface area (Å²) < 4.78 is 4.11. The van der Waals surface area contributed by atoms with Crippen LogP contribution in [-0.4, -0.2) is 45.9 Å². The molecule has 0 radical (unpaired) electrons. The molecule has 0 aromatic heterocycles. The summed E-state index contributed by atoms with van der Waals surface area (Å²) in [6.07, 6.45) is -2.14. The molecular weight excluding hydrogens is 168 g/mol. The Labute approximate surface area is 68.0 Å². The fourth-order valence-electron chi connectivity index (χ4n) is 0.402. The first-order chi connectivity index (χ1) is 5.41. The van der Waals surface area contributed by atoms with Crippen LogP contribution in [0.4, 0.5) is 0 Å². The second kappa shape index (κ2) is 3.87. The molecule has 0 heterocycles. The predicted molar refractivity (Wildman–Crippen MR) is 33.7 cm³/mol. The van der Waals surface area contributed by atoms with Crippen molar-refractivity contribution in [1.82, 2.24) is 4.90 Å². The van der Waals surface area contributed by atoms with Crippen LogP contribution in [0.15, 0.2) is 0 Å². The highest BCUT2D eigenvalue weighted by Crippen LogP contribution is 2.01. The Hall–Kier alpha value is -1.36. The summed E-state index contributed by atoms with van der Waals surface area (Å²) in [7, 11) is 1.06. The molecule has 0 aliphatic heterocycles. The van der Waals surface area contributed by atoms with Crippen LogP contribution in [0.5, 0.6) is 0 Å². The van der Waals surface area contributed by atoms with E-state index in [1.54, 1.807) is 0 Å². The molecule has 3 N–H and O–H groups in total. The molecule has 0 aliphatic carbocycles. The number of hydrogen-bond acceptors (Lipinski definition) is 7. The minimum Gasteiger partial charge on any atom is -0.468 e. The van der Waals surface area contributed by atoms with Gasteiger partial charge in [-0.25, -0.2) is 4.90 Å². The maximum absolute atomic E-state index is 10.5. The van der Waals surface area contributed by atoms with E-state index in [0.29, 0.717) is 0 Å². The Morgan fingerprint density at radius 3 is 2.42 bits per heavy atom. The highest BCUT2D eigenvalue weighted by molar-refractivity contribution is 5.71. The molecule has 68 valence electrons. The molecule has 0 saturated carbocycles. The molecule has 0 amide bonds. The summed E-state index contributed by atoms with van der Waals surface area (Å²) >= 11 is 0. The van der Waals surface area contributed by atoms with Gasteiger partial charge in [-0.05, 0) is 0 Å². The van der Waals surface area contributed by atoms with Crippen LogP contribution >= 0.6 is 0 Å². The molecular formula is C5H8N2O5. The number of aliphatic hydroxyl groups is 3. The van der Waals surface area contributed by atoms with Gasteiger partial charge in [0, 0.05) is 0 Å². The summed E-state index contributed by atoms with van der Waals surface area (Å²) in [5.41, 5.74) is 0. The first-order valence-corrected chi connectivity index (χ1v) is 2.83. The Balaban J connectivity index is 4.22. The van der Waals surface area contributed by atoms with Crippen molar-refractivity contribution in [1.29, 1.82) is 5.26 Å². The van der Waals surface area contributed by atoms with Gasteiger partial charge in [0.15, 0.2) is 6.19 Å². The summed E-state index contributed by atoms with van der Waals surface area (Å²) in [6.45, 7) is -0.740. The largest absolute Gasteiger partial charge is 0.468 e. The van der Waals surface area contributed by atoms with Crippen LogP contribution in [0.3, 0.4) is 0 Å². The number of hydrogen-bond donors (Lipinski definition) is 3. The number of nitriles is 1. The standard InChI is InChI=1S/C5H8N2O5/c1-12-4(8)2-7(3-6)5(9,10)11/h9-11H,2H2,1H3. The van der Waals surface area contributed by atoms with Crippen molar-refractivity contribution in [2.24, 2.45) is 0 Å². The first-order valence-electron chi connectivity index (χ1n) is 2.83. The Bertz CT molecular complexity index is 203. The molecule has 0 atom stereocenters. The molecule has 0 unspecified atom stereocenters. The third-order valence-corrected chi connectivity index (χ3v) is 0.998. The van der Waals surface area contributed by atoms with E-state index in [-0.39, 0.29) is 4.90 Å². The molecule has 0 aliphatic rings. The number of carbonyl (C=O) groups is 1. The monoisotopic (exact) mass is 176 g/mol. The van der Waals surface area contributed by atoms with E-state index in [4.69, 9.17) is 20.6 Å². The smallest absolute Gasteiger partial charge is 0.378 e. The Morgan fingerprint density at radius 1 is 1.67 bits per heavy atom. The number of rotatable bonds is 3. The zero-order valence-electron chi connectivity index (χ0n) is 6.26. The van der Waals surface area contributed by atoms with E-state index < -0.39 is 18.6 Å². The average Bonchev–Trinajstić information content (AvgIpc) is 1.97. The molecule has 12 heavy (non-hydrogen) atoms. The zero-order valence-corrected chi connectivity index (χ0v) is 6.26. The van der Waals surface area contributed by atoms with Gasteiger partial charge in [-0.3, -0.25) is 4.79 Å². The van der Waals surface area contributed by atoms with Crippen LogP contribution in [-0.2, 0) is 9.53 Å². The summed E-state index contributed by atoms with van der Waals surface area (Å²) in [5.74, 6) is -0.877. The van der Waals surface area contributed by atoms with E-state index >= 15 is 0 Å². The van der Waals surface area contributed by atoms with Crippen LogP contribution < -0.4 is 0 Å². The number of nitrogens with zero attached hydrogens (tertiary/aromatic N) is 2. The van der Waals surface area contributed by atoms with E-state index in [2.05, 4.69) is 4.74 Å². The van der Waals surface area contributed by atoms with E-state index in [1.807, 2.05) is 0 Å². The quantitative estimate of drug-likeness (QED) is 0.189. The number of ether oxygens (including phenoxy) is 1. The number of methoxy groups -OCH3 is 1. The molecule has 0 spiro atoms. The van der Waals surface area contributed by atoms with E-state index in [1.165, 1.54) is 6.19 Å². The lowest BCUT2D eigenvalue weighted by Crippen LogP contribution is -2.48. The van der Waals surface area contributed by atoms with E-state index in [0.717, 1.165) is 7.11 Å². The highest BCUT2D eigenvalue weighted by atomic mass is 16.7. The molecule has 0 saturated heterocycles. The Morgan fingerprint density at radius 2 is 2.17 bits per heavy atom. The van der Waals surface area contributed by atoms with Crippen LogP contribution in [0.2, 0.25) is 0 Å². The number of carbonyl (C=O) groups excluding carboxylic acids is 1. The zero-order chi connectivity index (χ0) is 9.78. The predicted octanol–water partition coefficient (Wildman–Crippen LogP) is -2.47. The van der Waals surface area contributed by atoms with Gasteiger partial charge in [-0.1, -0.05) is 0 Å². The van der Waals surface area contributed by atoms with Crippen molar-refractivity contribution in [3.05, 3.63) is 0 Å². The third kappa shape index (κ3) is 3.16. The van der Waals surface area contributed by atoms with Gasteiger partial charge in [0.2, 0.25) is 0 Å². The lowest BCUT2D eigenvalue weighted by molar-refractivity contribution is -0.378. The second-order valence-electron chi connectivity index (χ2n) is 1.86. The minimum atomic E-state index is -3.33. The molecule has 7 heteroatoms. The number of esters is 1. The van der Waals surface area contributed by atoms with E-state index in [9.17, 15) is 4.79 Å².